The first kappa shape index (κ1) is 33.7. The summed E-state index contributed by atoms with van der Waals surface area (Å²) >= 11 is 0. The van der Waals surface area contributed by atoms with Gasteiger partial charge in [-0.2, -0.15) is 26.3 Å². The first-order chi connectivity index (χ1) is 12.7. The van der Waals surface area contributed by atoms with E-state index in [1.165, 1.54) is 31.2 Å². The van der Waals surface area contributed by atoms with E-state index in [0.29, 0.717) is 12.5 Å². The Morgan fingerprint density at radius 3 is 1.43 bits per heavy atom. The topological polar surface area (TPSA) is 67.3 Å². The molecule has 0 amide bonds. The van der Waals surface area contributed by atoms with Gasteiger partial charge >= 0.3 is 64.2 Å². The zero-order valence-electron chi connectivity index (χ0n) is 16.0. The van der Waals surface area contributed by atoms with Gasteiger partial charge in [0.2, 0.25) is 0 Å². The normalized spacial score (nSPS) is 12.0. The maximum atomic E-state index is 12.4. The van der Waals surface area contributed by atoms with Crippen LogP contribution in [0.3, 0.4) is 0 Å². The SMILES string of the molecule is CC(=O)c1ccc(F)cc1.CC(O)(c1ccc(F)cc1)C(F)(F)F.FC(F)F.[K+].[OH-]. The molecule has 0 fully saturated rings. The van der Waals surface area contributed by atoms with Crippen LogP contribution in [0, 0.1) is 11.6 Å². The van der Waals surface area contributed by atoms with Gasteiger partial charge in [-0.1, -0.05) is 12.1 Å². The van der Waals surface area contributed by atoms with Crippen molar-refractivity contribution in [2.45, 2.75) is 32.3 Å². The Morgan fingerprint density at radius 1 is 0.867 bits per heavy atom. The van der Waals surface area contributed by atoms with Gasteiger partial charge in [0.25, 0.3) is 0 Å². The Balaban J connectivity index is -0.000000402. The molecule has 164 valence electrons. The molecule has 0 spiro atoms. The number of ketones is 1. The zero-order valence-corrected chi connectivity index (χ0v) is 19.1. The molecule has 0 saturated carbocycles. The third-order valence-corrected chi connectivity index (χ3v) is 3.21. The Kier molecular flexibility index (Phi) is 16.9. The molecule has 2 aromatic rings. The largest absolute Gasteiger partial charge is 1.00 e. The van der Waals surface area contributed by atoms with Crippen LogP contribution in [0.1, 0.15) is 29.8 Å². The zero-order chi connectivity index (χ0) is 22.1. The van der Waals surface area contributed by atoms with E-state index in [4.69, 9.17) is 5.11 Å². The quantitative estimate of drug-likeness (QED) is 0.415. The van der Waals surface area contributed by atoms with E-state index in [9.17, 15) is 39.9 Å². The van der Waals surface area contributed by atoms with E-state index in [-0.39, 0.29) is 74.0 Å². The number of alkyl halides is 6. The Bertz CT molecular complexity index is 730. The van der Waals surface area contributed by atoms with E-state index in [1.54, 1.807) is 0 Å². The number of carbonyl (C=O) groups is 1. The van der Waals surface area contributed by atoms with Crippen molar-refractivity contribution in [1.82, 2.24) is 0 Å². The van der Waals surface area contributed by atoms with Crippen molar-refractivity contribution in [2.75, 3.05) is 0 Å². The molecule has 0 saturated heterocycles. The third kappa shape index (κ3) is 12.7. The van der Waals surface area contributed by atoms with Crippen molar-refractivity contribution in [3.63, 3.8) is 0 Å². The van der Waals surface area contributed by atoms with Gasteiger partial charge in [-0.25, -0.2) is 8.78 Å². The number of carbonyl (C=O) groups excluding carboxylic acids is 1. The van der Waals surface area contributed by atoms with Crippen LogP contribution in [0.4, 0.5) is 35.1 Å². The van der Waals surface area contributed by atoms with Gasteiger partial charge in [-0.3, -0.25) is 4.79 Å². The van der Waals surface area contributed by atoms with Crippen molar-refractivity contribution in [1.29, 1.82) is 0 Å². The summed E-state index contributed by atoms with van der Waals surface area (Å²) in [4.78, 5) is 10.6. The van der Waals surface area contributed by atoms with Crippen molar-refractivity contribution in [3.8, 4) is 0 Å². The second-order valence-electron chi connectivity index (χ2n) is 5.39. The summed E-state index contributed by atoms with van der Waals surface area (Å²) in [5.74, 6) is -1.00. The van der Waals surface area contributed by atoms with E-state index in [2.05, 4.69) is 0 Å². The van der Waals surface area contributed by atoms with E-state index in [0.717, 1.165) is 24.3 Å². The predicted octanol–water partition coefficient (Wildman–Crippen LogP) is 2.63. The molecule has 0 aliphatic heterocycles. The first-order valence-electron chi connectivity index (χ1n) is 7.42. The summed E-state index contributed by atoms with van der Waals surface area (Å²) < 4.78 is 90.5. The standard InChI is InChI=1S/C9H8F4O.C8H7FO.CHF3.K.H2O/c1-8(14,9(11,12)13)6-2-4-7(10)5-3-6;1-6(10)7-2-4-8(9)5-3-7;2-1(3)4;;/h2-5,14H,1H3;2-5H,1H3;1H;;1H2/q;;;+1;/p-1. The summed E-state index contributed by atoms with van der Waals surface area (Å²) in [6.45, 7) is -1.59. The molecule has 0 aromatic heterocycles. The summed E-state index contributed by atoms with van der Waals surface area (Å²) in [5, 5.41) is 9.17. The van der Waals surface area contributed by atoms with Crippen molar-refractivity contribution in [3.05, 3.63) is 71.3 Å². The van der Waals surface area contributed by atoms with Crippen LogP contribution in [-0.2, 0) is 5.60 Å². The minimum absolute atomic E-state index is 0. The maximum Gasteiger partial charge on any atom is 1.00 e. The Morgan fingerprint density at radius 2 is 1.17 bits per heavy atom. The van der Waals surface area contributed by atoms with Crippen molar-refractivity contribution in [2.24, 2.45) is 0 Å². The molecule has 3 nitrogen and oxygen atoms in total. The van der Waals surface area contributed by atoms with Gasteiger partial charge in [0.15, 0.2) is 11.4 Å². The van der Waals surface area contributed by atoms with E-state index in [1.807, 2.05) is 0 Å². The number of hydrogen-bond donors (Lipinski definition) is 1. The van der Waals surface area contributed by atoms with Crippen LogP contribution in [0.5, 0.6) is 0 Å². The minimum Gasteiger partial charge on any atom is -0.870 e. The van der Waals surface area contributed by atoms with E-state index >= 15 is 0 Å². The summed E-state index contributed by atoms with van der Waals surface area (Å²) in [7, 11) is 0. The molecule has 0 radical (unpaired) electrons. The van der Waals surface area contributed by atoms with Crippen molar-refractivity contribution < 1.29 is 102 Å². The fourth-order valence-electron chi connectivity index (χ4n) is 1.62. The van der Waals surface area contributed by atoms with Gasteiger partial charge in [-0.05, 0) is 55.8 Å². The molecule has 0 aliphatic rings. The number of halogens is 8. The van der Waals surface area contributed by atoms with Crippen LogP contribution in [-0.4, -0.2) is 29.2 Å². The number of benzene rings is 2. The average Bonchev–Trinajstić information content (AvgIpc) is 2.54. The van der Waals surface area contributed by atoms with Gasteiger partial charge < -0.3 is 10.6 Å². The summed E-state index contributed by atoms with van der Waals surface area (Å²) in [5.41, 5.74) is -2.78. The molecular formula is C18H17F8KO3. The number of hydrogen-bond acceptors (Lipinski definition) is 3. The molecule has 30 heavy (non-hydrogen) atoms. The summed E-state index contributed by atoms with van der Waals surface area (Å²) in [6.07, 6.45) is -4.77. The van der Waals surface area contributed by atoms with E-state index < -0.39 is 24.3 Å². The molecule has 1 atom stereocenters. The van der Waals surface area contributed by atoms with Gasteiger partial charge in [-0.15, -0.1) is 0 Å². The number of Topliss-reactive ketones (excluding diaryl/α,β-unsaturated/α-hetero) is 1. The monoisotopic (exact) mass is 472 g/mol. The molecule has 2 aromatic carbocycles. The van der Waals surface area contributed by atoms with Crippen LogP contribution in [0.25, 0.3) is 0 Å². The van der Waals surface area contributed by atoms with Gasteiger partial charge in [0, 0.05) is 5.56 Å². The second kappa shape index (κ2) is 15.0. The van der Waals surface area contributed by atoms with Crippen LogP contribution in [0.2, 0.25) is 0 Å². The molecule has 2 rings (SSSR count). The first-order valence-corrected chi connectivity index (χ1v) is 7.42. The molecular weight excluding hydrogens is 455 g/mol. The molecule has 12 heteroatoms. The van der Waals surface area contributed by atoms with Crippen LogP contribution < -0.4 is 51.4 Å². The number of aliphatic hydroxyl groups is 1. The summed E-state index contributed by atoms with van der Waals surface area (Å²) in [6, 6.07) is 9.04. The Labute approximate surface area is 209 Å². The maximum absolute atomic E-state index is 12.4. The van der Waals surface area contributed by atoms with Crippen molar-refractivity contribution >= 4 is 5.78 Å². The molecule has 1 unspecified atom stereocenters. The van der Waals surface area contributed by atoms with Gasteiger partial charge in [0.1, 0.15) is 11.6 Å². The van der Waals surface area contributed by atoms with Crippen LogP contribution >= 0.6 is 0 Å². The molecule has 0 heterocycles. The molecule has 0 bridgehead atoms. The second-order valence-corrected chi connectivity index (χ2v) is 5.39. The third-order valence-electron chi connectivity index (χ3n) is 3.21. The molecule has 2 N–H and O–H groups in total. The average molecular weight is 472 g/mol. The van der Waals surface area contributed by atoms with Crippen LogP contribution in [0.15, 0.2) is 48.5 Å². The fraction of sp³-hybridized carbons (Fsp3) is 0.278. The smallest absolute Gasteiger partial charge is 0.870 e. The van der Waals surface area contributed by atoms with Gasteiger partial charge in [0.05, 0.1) is 0 Å². The molecule has 0 aliphatic carbocycles. The Hall–Kier alpha value is -0.894. The minimum atomic E-state index is -4.77. The fourth-order valence-corrected chi connectivity index (χ4v) is 1.62. The number of rotatable bonds is 2. The predicted molar refractivity (Wildman–Crippen MR) is 87.5 cm³/mol.